The number of ether oxygens (including phenoxy) is 2. The van der Waals surface area contributed by atoms with Crippen molar-refractivity contribution >= 4 is 18.2 Å². The number of nitrogens with one attached hydrogen (secondary N) is 1. The number of methoxy groups -OCH3 is 1. The van der Waals surface area contributed by atoms with Crippen LogP contribution in [-0.4, -0.2) is 29.7 Å². The third-order valence-electron chi connectivity index (χ3n) is 3.84. The highest BCUT2D eigenvalue weighted by Crippen LogP contribution is 2.34. The Hall–Kier alpha value is -2.99. The molecule has 26 heavy (non-hydrogen) atoms. The monoisotopic (exact) mass is 366 g/mol. The quantitative estimate of drug-likeness (QED) is 0.526. The van der Waals surface area contributed by atoms with Gasteiger partial charge in [0.15, 0.2) is 4.77 Å². The second-order valence-corrected chi connectivity index (χ2v) is 5.81. The van der Waals surface area contributed by atoms with E-state index in [1.807, 2.05) is 54.6 Å². The highest BCUT2D eigenvalue weighted by atomic mass is 32.1. The summed E-state index contributed by atoms with van der Waals surface area (Å²) in [5.41, 5.74) is 2.83. The van der Waals surface area contributed by atoms with Crippen molar-refractivity contribution in [2.75, 3.05) is 13.7 Å². The minimum Gasteiger partial charge on any atom is -0.496 e. The lowest BCUT2D eigenvalue weighted by atomic mass is 9.99. The number of nitrogens with zero attached hydrogens (tertiary/aromatic N) is 1. The van der Waals surface area contributed by atoms with Crippen LogP contribution in [0.5, 0.6) is 5.75 Å². The molecular formula is C20H18N2O3S. The molecule has 0 saturated carbocycles. The van der Waals surface area contributed by atoms with E-state index in [9.17, 15) is 4.79 Å². The molecule has 3 aromatic rings. The second-order valence-electron chi connectivity index (χ2n) is 5.43. The van der Waals surface area contributed by atoms with Crippen LogP contribution in [0.15, 0.2) is 54.6 Å². The van der Waals surface area contributed by atoms with E-state index in [0.29, 0.717) is 28.3 Å². The molecule has 0 aliphatic rings. The highest BCUT2D eigenvalue weighted by molar-refractivity contribution is 7.71. The fraction of sp³-hybridized carbons (Fsp3) is 0.150. The molecule has 0 spiro atoms. The van der Waals surface area contributed by atoms with E-state index in [4.69, 9.17) is 21.7 Å². The molecule has 1 N–H and O–H groups in total. The van der Waals surface area contributed by atoms with E-state index < -0.39 is 5.97 Å². The van der Waals surface area contributed by atoms with Gasteiger partial charge in [-0.1, -0.05) is 42.5 Å². The smallest absolute Gasteiger partial charge is 0.342 e. The van der Waals surface area contributed by atoms with Crippen LogP contribution in [0.3, 0.4) is 0 Å². The van der Waals surface area contributed by atoms with Crippen LogP contribution in [0.4, 0.5) is 0 Å². The van der Waals surface area contributed by atoms with Crippen molar-refractivity contribution in [3.05, 3.63) is 64.9 Å². The van der Waals surface area contributed by atoms with Crippen LogP contribution in [-0.2, 0) is 4.74 Å². The predicted octanol–water partition coefficient (Wildman–Crippen LogP) is 4.66. The van der Waals surface area contributed by atoms with Gasteiger partial charge in [0.1, 0.15) is 11.3 Å². The first kappa shape index (κ1) is 17.8. The molecule has 0 aliphatic heterocycles. The molecule has 0 unspecified atom stereocenters. The number of carbonyl (C=O) groups excluding carboxylic acids is 1. The minimum absolute atomic E-state index is 0.258. The molecule has 0 atom stereocenters. The topological polar surface area (TPSA) is 64.2 Å². The molecule has 0 saturated heterocycles. The Bertz CT molecular complexity index is 984. The van der Waals surface area contributed by atoms with Gasteiger partial charge in [0.25, 0.3) is 0 Å². The van der Waals surface area contributed by atoms with Crippen LogP contribution in [0, 0.1) is 4.77 Å². The Morgan fingerprint density at radius 1 is 1.12 bits per heavy atom. The number of rotatable bonds is 5. The largest absolute Gasteiger partial charge is 0.496 e. The van der Waals surface area contributed by atoms with Crippen molar-refractivity contribution in [2.24, 2.45) is 0 Å². The van der Waals surface area contributed by atoms with Crippen molar-refractivity contribution in [3.8, 4) is 28.3 Å². The summed E-state index contributed by atoms with van der Waals surface area (Å²) in [4.78, 5) is 20.2. The van der Waals surface area contributed by atoms with E-state index in [1.165, 1.54) is 0 Å². The summed E-state index contributed by atoms with van der Waals surface area (Å²) in [6.45, 7) is 2.02. The third-order valence-corrected chi connectivity index (χ3v) is 4.03. The number of hydrogen-bond donors (Lipinski definition) is 1. The van der Waals surface area contributed by atoms with Gasteiger partial charge >= 0.3 is 5.97 Å². The number of carbonyl (C=O) groups is 1. The fourth-order valence-corrected chi connectivity index (χ4v) is 2.93. The van der Waals surface area contributed by atoms with E-state index in [0.717, 1.165) is 5.56 Å². The van der Waals surface area contributed by atoms with Crippen molar-refractivity contribution < 1.29 is 14.3 Å². The number of aromatic amines is 1. The van der Waals surface area contributed by atoms with E-state index >= 15 is 0 Å². The average molecular weight is 366 g/mol. The number of para-hydroxylation sites is 1. The molecule has 0 aliphatic carbocycles. The lowest BCUT2D eigenvalue weighted by molar-refractivity contribution is 0.0527. The van der Waals surface area contributed by atoms with Gasteiger partial charge in [-0.25, -0.2) is 9.78 Å². The molecule has 2 aromatic carbocycles. The zero-order valence-corrected chi connectivity index (χ0v) is 15.3. The Balaban J connectivity index is 2.35. The molecule has 5 nitrogen and oxygen atoms in total. The molecule has 6 heteroatoms. The van der Waals surface area contributed by atoms with Crippen LogP contribution >= 0.6 is 12.2 Å². The van der Waals surface area contributed by atoms with Crippen LogP contribution in [0.2, 0.25) is 0 Å². The molecule has 0 radical (unpaired) electrons. The first-order chi connectivity index (χ1) is 12.7. The zero-order chi connectivity index (χ0) is 18.5. The molecule has 0 fully saturated rings. The normalized spacial score (nSPS) is 10.4. The maximum absolute atomic E-state index is 12.8. The van der Waals surface area contributed by atoms with Gasteiger partial charge in [-0.15, -0.1) is 0 Å². The molecule has 1 aromatic heterocycles. The maximum Gasteiger partial charge on any atom is 0.342 e. The van der Waals surface area contributed by atoms with Crippen molar-refractivity contribution in [2.45, 2.75) is 6.92 Å². The first-order valence-corrected chi connectivity index (χ1v) is 8.56. The molecular weight excluding hydrogens is 348 g/mol. The Labute approximate surface area is 156 Å². The van der Waals surface area contributed by atoms with E-state index in [1.54, 1.807) is 14.0 Å². The summed E-state index contributed by atoms with van der Waals surface area (Å²) < 4.78 is 11.0. The average Bonchev–Trinajstić information content (AvgIpc) is 2.68. The summed E-state index contributed by atoms with van der Waals surface area (Å²) in [5, 5.41) is 0. The van der Waals surface area contributed by atoms with Gasteiger partial charge < -0.3 is 14.5 Å². The van der Waals surface area contributed by atoms with Crippen molar-refractivity contribution in [1.82, 2.24) is 9.97 Å². The number of esters is 1. The van der Waals surface area contributed by atoms with Crippen LogP contribution in [0.25, 0.3) is 22.5 Å². The minimum atomic E-state index is -0.467. The summed E-state index contributed by atoms with van der Waals surface area (Å²) in [7, 11) is 1.58. The van der Waals surface area contributed by atoms with Gasteiger partial charge in [0.05, 0.1) is 25.1 Å². The van der Waals surface area contributed by atoms with E-state index in [2.05, 4.69) is 9.97 Å². The van der Waals surface area contributed by atoms with Gasteiger partial charge in [-0.3, -0.25) is 0 Å². The van der Waals surface area contributed by atoms with Gasteiger partial charge in [0, 0.05) is 11.1 Å². The summed E-state index contributed by atoms with van der Waals surface area (Å²) in [6, 6.07) is 16.8. The van der Waals surface area contributed by atoms with Gasteiger partial charge in [0.2, 0.25) is 0 Å². The molecule has 132 valence electrons. The Morgan fingerprint density at radius 2 is 1.81 bits per heavy atom. The molecule has 0 bridgehead atoms. The van der Waals surface area contributed by atoms with Crippen LogP contribution < -0.4 is 4.74 Å². The number of H-pyrrole nitrogens is 1. The molecule has 3 rings (SSSR count). The second kappa shape index (κ2) is 7.93. The SMILES string of the molecule is CCOC(=O)c1c(-c2ccccc2)nc(=S)[nH]c1-c1ccccc1OC. The highest BCUT2D eigenvalue weighted by Gasteiger charge is 2.23. The van der Waals surface area contributed by atoms with E-state index in [-0.39, 0.29) is 11.4 Å². The fourth-order valence-electron chi connectivity index (χ4n) is 2.73. The Kier molecular flexibility index (Phi) is 5.43. The maximum atomic E-state index is 12.8. The van der Waals surface area contributed by atoms with Crippen molar-refractivity contribution in [3.63, 3.8) is 0 Å². The molecule has 1 heterocycles. The summed E-state index contributed by atoms with van der Waals surface area (Å²) >= 11 is 5.32. The third kappa shape index (κ3) is 3.50. The first-order valence-electron chi connectivity index (χ1n) is 8.16. The van der Waals surface area contributed by atoms with Gasteiger partial charge in [-0.05, 0) is 31.3 Å². The lowest BCUT2D eigenvalue weighted by Gasteiger charge is -2.15. The Morgan fingerprint density at radius 3 is 2.50 bits per heavy atom. The number of benzene rings is 2. The summed E-state index contributed by atoms with van der Waals surface area (Å²) in [6.07, 6.45) is 0. The summed E-state index contributed by atoms with van der Waals surface area (Å²) in [5.74, 6) is 0.153. The predicted molar refractivity (Wildman–Crippen MR) is 103 cm³/mol. The molecule has 0 amide bonds. The van der Waals surface area contributed by atoms with Crippen LogP contribution in [0.1, 0.15) is 17.3 Å². The van der Waals surface area contributed by atoms with Crippen molar-refractivity contribution in [1.29, 1.82) is 0 Å². The zero-order valence-electron chi connectivity index (χ0n) is 14.5. The lowest BCUT2D eigenvalue weighted by Crippen LogP contribution is -2.12. The number of aromatic nitrogens is 2. The standard InChI is InChI=1S/C20H18N2O3S/c1-3-25-19(23)16-17(13-9-5-4-6-10-13)21-20(26)22-18(16)14-11-7-8-12-15(14)24-2/h4-12H,3H2,1-2H3,(H,21,22,26). The number of hydrogen-bond acceptors (Lipinski definition) is 5. The van der Waals surface area contributed by atoms with Gasteiger partial charge in [-0.2, -0.15) is 0 Å².